The molecular weight excluding hydrogens is 538 g/mol. The van der Waals surface area contributed by atoms with Gasteiger partial charge in [-0.1, -0.05) is 12.1 Å². The van der Waals surface area contributed by atoms with Gasteiger partial charge in [-0.3, -0.25) is 14.4 Å². The van der Waals surface area contributed by atoms with Crippen LogP contribution in [0.2, 0.25) is 0 Å². The summed E-state index contributed by atoms with van der Waals surface area (Å²) in [7, 11) is 1.34. The Bertz CT molecular complexity index is 1460. The number of rotatable bonds is 6. The minimum Gasteiger partial charge on any atom is -0.507 e. The van der Waals surface area contributed by atoms with Crippen LogP contribution in [0.5, 0.6) is 17.2 Å². The van der Waals surface area contributed by atoms with Gasteiger partial charge in [0.2, 0.25) is 12.2 Å². The summed E-state index contributed by atoms with van der Waals surface area (Å²) in [6.07, 6.45) is -4.04. The third-order valence-electron chi connectivity index (χ3n) is 8.10. The van der Waals surface area contributed by atoms with E-state index in [9.17, 15) is 34.8 Å². The molecule has 2 aromatic rings. The first kappa shape index (κ1) is 28.6. The Morgan fingerprint density at radius 2 is 1.90 bits per heavy atom. The number of fused-ring (bicyclic) bond motifs is 3. The molecule has 1 saturated heterocycles. The van der Waals surface area contributed by atoms with E-state index >= 15 is 0 Å². The number of ether oxygens (including phenoxy) is 3. The summed E-state index contributed by atoms with van der Waals surface area (Å²) in [5.41, 5.74) is 5.48. The second-order valence-corrected chi connectivity index (χ2v) is 10.5. The van der Waals surface area contributed by atoms with Crippen molar-refractivity contribution in [2.45, 2.75) is 69.4 Å². The molecule has 1 heterocycles. The molecule has 13 nitrogen and oxygen atoms in total. The van der Waals surface area contributed by atoms with Gasteiger partial charge >= 0.3 is 0 Å². The highest BCUT2D eigenvalue weighted by atomic mass is 16.7. The number of benzene rings is 2. The van der Waals surface area contributed by atoms with Crippen LogP contribution in [0.1, 0.15) is 75.8 Å². The van der Waals surface area contributed by atoms with E-state index in [4.69, 9.17) is 19.9 Å². The molecule has 0 aromatic heterocycles. The molecule has 1 amide bonds. The SMILES string of the molecule is COc1cccc2c1C(=O)c1c(O)c3c(c(O)c1C2=O)CC(O)(C(C)=NNC=O)CC3OC1CC(N)C(O)C(C)O1. The third kappa shape index (κ3) is 4.55. The predicted molar refractivity (Wildman–Crippen MR) is 142 cm³/mol. The first-order chi connectivity index (χ1) is 19.4. The molecule has 6 unspecified atom stereocenters. The average molecular weight is 570 g/mol. The summed E-state index contributed by atoms with van der Waals surface area (Å²) in [6.45, 7) is 3.07. The number of hydrogen-bond donors (Lipinski definition) is 6. The van der Waals surface area contributed by atoms with Crippen LogP contribution in [0.4, 0.5) is 0 Å². The molecule has 41 heavy (non-hydrogen) atoms. The molecule has 0 saturated carbocycles. The number of hydrogen-bond acceptors (Lipinski definition) is 12. The zero-order valence-electron chi connectivity index (χ0n) is 22.6. The number of carbonyl (C=O) groups excluding carboxylic acids is 3. The van der Waals surface area contributed by atoms with E-state index in [1.54, 1.807) is 6.92 Å². The molecule has 0 spiro atoms. The normalized spacial score (nSPS) is 29.3. The van der Waals surface area contributed by atoms with Crippen molar-refractivity contribution in [3.8, 4) is 17.2 Å². The number of methoxy groups -OCH3 is 1. The van der Waals surface area contributed by atoms with Crippen LogP contribution in [-0.4, -0.2) is 81.4 Å². The van der Waals surface area contributed by atoms with Crippen molar-refractivity contribution in [1.29, 1.82) is 0 Å². The predicted octanol–water partition coefficient (Wildman–Crippen LogP) is 0.562. The lowest BCUT2D eigenvalue weighted by Crippen LogP contribution is -2.52. The van der Waals surface area contributed by atoms with Crippen molar-refractivity contribution in [2.24, 2.45) is 10.8 Å². The van der Waals surface area contributed by atoms with Crippen molar-refractivity contribution in [1.82, 2.24) is 5.43 Å². The Kier molecular flexibility index (Phi) is 7.34. The van der Waals surface area contributed by atoms with E-state index in [-0.39, 0.29) is 53.0 Å². The topological polar surface area (TPSA) is 210 Å². The number of ketones is 2. The van der Waals surface area contributed by atoms with Crippen LogP contribution in [-0.2, 0) is 20.7 Å². The molecule has 7 N–H and O–H groups in total. The van der Waals surface area contributed by atoms with Crippen LogP contribution in [0.15, 0.2) is 23.3 Å². The smallest absolute Gasteiger partial charge is 0.227 e. The van der Waals surface area contributed by atoms with E-state index in [1.807, 2.05) is 0 Å². The summed E-state index contributed by atoms with van der Waals surface area (Å²) in [4.78, 5) is 38.2. The maximum absolute atomic E-state index is 13.7. The largest absolute Gasteiger partial charge is 0.507 e. The molecule has 3 aliphatic rings. The Morgan fingerprint density at radius 1 is 1.20 bits per heavy atom. The minimum atomic E-state index is -1.82. The van der Waals surface area contributed by atoms with Crippen molar-refractivity contribution in [3.63, 3.8) is 0 Å². The third-order valence-corrected chi connectivity index (χ3v) is 8.10. The zero-order chi connectivity index (χ0) is 29.8. The van der Waals surface area contributed by atoms with E-state index in [2.05, 4.69) is 10.5 Å². The van der Waals surface area contributed by atoms with E-state index in [0.29, 0.717) is 6.41 Å². The molecule has 1 fully saturated rings. The molecule has 6 atom stereocenters. The highest BCUT2D eigenvalue weighted by molar-refractivity contribution is 6.31. The zero-order valence-corrected chi connectivity index (χ0v) is 22.6. The van der Waals surface area contributed by atoms with Crippen molar-refractivity contribution in [3.05, 3.63) is 51.6 Å². The Balaban J connectivity index is 1.69. The van der Waals surface area contributed by atoms with Crippen molar-refractivity contribution < 1.29 is 49.0 Å². The highest BCUT2D eigenvalue weighted by Crippen LogP contribution is 2.52. The number of aliphatic hydroxyl groups is 2. The molecule has 5 rings (SSSR count). The lowest BCUT2D eigenvalue weighted by molar-refractivity contribution is -0.245. The lowest BCUT2D eigenvalue weighted by atomic mass is 9.72. The fourth-order valence-corrected chi connectivity index (χ4v) is 5.89. The van der Waals surface area contributed by atoms with Gasteiger partial charge in [-0.05, 0) is 19.9 Å². The fourth-order valence-electron chi connectivity index (χ4n) is 5.89. The molecule has 2 aliphatic carbocycles. The van der Waals surface area contributed by atoms with E-state index in [0.717, 1.165) is 0 Å². The number of nitrogens with one attached hydrogen (secondary N) is 1. The van der Waals surface area contributed by atoms with Gasteiger partial charge in [-0.2, -0.15) is 5.10 Å². The van der Waals surface area contributed by atoms with Crippen molar-refractivity contribution in [2.75, 3.05) is 7.11 Å². The van der Waals surface area contributed by atoms with Gasteiger partial charge in [0, 0.05) is 42.0 Å². The van der Waals surface area contributed by atoms with Gasteiger partial charge in [-0.15, -0.1) is 0 Å². The van der Waals surface area contributed by atoms with Crippen LogP contribution in [0.25, 0.3) is 0 Å². The number of amides is 1. The van der Waals surface area contributed by atoms with Gasteiger partial charge < -0.3 is 40.4 Å². The number of carbonyl (C=O) groups is 3. The van der Waals surface area contributed by atoms with Gasteiger partial charge in [0.1, 0.15) is 22.8 Å². The summed E-state index contributed by atoms with van der Waals surface area (Å²) in [5.74, 6) is -2.52. The van der Waals surface area contributed by atoms with Gasteiger partial charge in [0.25, 0.3) is 0 Å². The Labute approximate surface area is 234 Å². The van der Waals surface area contributed by atoms with Crippen LogP contribution in [0, 0.1) is 0 Å². The maximum Gasteiger partial charge on any atom is 0.227 e. The second kappa shape index (κ2) is 10.5. The van der Waals surface area contributed by atoms with Gasteiger partial charge in [-0.25, -0.2) is 5.43 Å². The standard InChI is InChI=1S/C28H31N3O10/c1-11-23(33)15(29)7-18(40-11)41-17-9-28(38,12(2)31-30-10-32)8-14-20(17)27(37)22-21(25(14)35)24(34)13-5-4-6-16(39-3)19(13)26(22)36/h4-6,10-11,15,17-18,23,33,35,37-38H,7-9,29H2,1-3H3,(H,30,32). The summed E-state index contributed by atoms with van der Waals surface area (Å²) in [6, 6.07) is 3.75. The molecular formula is C28H31N3O10. The molecule has 1 aliphatic heterocycles. The number of nitrogens with two attached hydrogens (primary N) is 1. The van der Waals surface area contributed by atoms with Gasteiger partial charge in [0.05, 0.1) is 47.8 Å². The Morgan fingerprint density at radius 3 is 2.56 bits per heavy atom. The minimum absolute atomic E-state index is 0.0135. The summed E-state index contributed by atoms with van der Waals surface area (Å²) in [5, 5.41) is 48.9. The van der Waals surface area contributed by atoms with Crippen LogP contribution < -0.4 is 15.9 Å². The molecule has 0 bridgehead atoms. The quantitative estimate of drug-likeness (QED) is 0.105. The highest BCUT2D eigenvalue weighted by Gasteiger charge is 2.49. The lowest BCUT2D eigenvalue weighted by Gasteiger charge is -2.42. The van der Waals surface area contributed by atoms with E-state index < -0.39 is 70.4 Å². The molecule has 13 heteroatoms. The summed E-state index contributed by atoms with van der Waals surface area (Å²) >= 11 is 0. The van der Waals surface area contributed by atoms with Gasteiger partial charge in [0.15, 0.2) is 12.1 Å². The Hall–Kier alpha value is -3.88. The second-order valence-electron chi connectivity index (χ2n) is 10.5. The maximum atomic E-state index is 13.7. The number of aromatic hydroxyl groups is 2. The fraction of sp³-hybridized carbons (Fsp3) is 0.429. The number of aliphatic hydroxyl groups excluding tert-OH is 1. The summed E-state index contributed by atoms with van der Waals surface area (Å²) < 4.78 is 17.3. The van der Waals surface area contributed by atoms with Crippen LogP contribution in [0.3, 0.4) is 0 Å². The molecule has 0 radical (unpaired) electrons. The molecule has 2 aromatic carbocycles. The molecule has 218 valence electrons. The van der Waals surface area contributed by atoms with Crippen molar-refractivity contribution >= 4 is 23.7 Å². The van der Waals surface area contributed by atoms with Crippen LogP contribution >= 0.6 is 0 Å². The number of nitrogens with zero attached hydrogens (tertiary/aromatic N) is 1. The van der Waals surface area contributed by atoms with E-state index in [1.165, 1.54) is 32.2 Å². The monoisotopic (exact) mass is 569 g/mol. The number of phenols is 2. The first-order valence-corrected chi connectivity index (χ1v) is 13.0. The first-order valence-electron chi connectivity index (χ1n) is 13.0. The number of phenolic OH excluding ortho intramolecular Hbond substituents is 2. The number of hydrazone groups is 1. The average Bonchev–Trinajstić information content (AvgIpc) is 2.94.